The summed E-state index contributed by atoms with van der Waals surface area (Å²) in [5.41, 5.74) is 0.192. The van der Waals surface area contributed by atoms with Gasteiger partial charge in [-0.15, -0.1) is 0 Å². The minimum Gasteiger partial charge on any atom is -0.383 e. The molecule has 0 radical (unpaired) electrons. The zero-order valence-corrected chi connectivity index (χ0v) is 13.0. The molecule has 0 spiro atoms. The van der Waals surface area contributed by atoms with Gasteiger partial charge in [-0.2, -0.15) is 0 Å². The standard InChI is InChI=1S/C14H20N4O5/c1-3-15-13(19)9-17-14(20)10-4-5-11(16-6-7-23-2)12(8-10)18(21)22/h4-5,8,16H,3,6-7,9H2,1-2H3,(H,15,19)(H,17,20). The molecule has 0 unspecified atom stereocenters. The van der Waals surface area contributed by atoms with Gasteiger partial charge in [0.05, 0.1) is 18.1 Å². The topological polar surface area (TPSA) is 123 Å². The number of methoxy groups -OCH3 is 1. The molecule has 0 saturated carbocycles. The van der Waals surface area contributed by atoms with Gasteiger partial charge in [0.2, 0.25) is 5.91 Å². The monoisotopic (exact) mass is 324 g/mol. The molecule has 9 nitrogen and oxygen atoms in total. The first-order valence-corrected chi connectivity index (χ1v) is 7.05. The van der Waals surface area contributed by atoms with Crippen molar-refractivity contribution in [1.82, 2.24) is 10.6 Å². The lowest BCUT2D eigenvalue weighted by atomic mass is 10.1. The van der Waals surface area contributed by atoms with E-state index >= 15 is 0 Å². The van der Waals surface area contributed by atoms with Crippen LogP contribution in [0.5, 0.6) is 0 Å². The lowest BCUT2D eigenvalue weighted by Gasteiger charge is -2.09. The highest BCUT2D eigenvalue weighted by atomic mass is 16.6. The van der Waals surface area contributed by atoms with Crippen molar-refractivity contribution in [2.45, 2.75) is 6.92 Å². The molecule has 0 aliphatic carbocycles. The number of nitro benzene ring substituents is 1. The number of nitrogens with zero attached hydrogens (tertiary/aromatic N) is 1. The molecule has 0 bridgehead atoms. The van der Waals surface area contributed by atoms with Gasteiger partial charge in [0.15, 0.2) is 0 Å². The molecule has 2 amide bonds. The fourth-order valence-electron chi connectivity index (χ4n) is 1.78. The van der Waals surface area contributed by atoms with Gasteiger partial charge >= 0.3 is 0 Å². The summed E-state index contributed by atoms with van der Waals surface area (Å²) in [5, 5.41) is 18.9. The van der Waals surface area contributed by atoms with Gasteiger partial charge in [-0.25, -0.2) is 0 Å². The van der Waals surface area contributed by atoms with E-state index in [1.165, 1.54) is 25.3 Å². The SMILES string of the molecule is CCNC(=O)CNC(=O)c1ccc(NCCOC)c([N+](=O)[O-])c1. The summed E-state index contributed by atoms with van der Waals surface area (Å²) in [4.78, 5) is 33.8. The molecule has 0 aliphatic rings. The molecule has 0 saturated heterocycles. The van der Waals surface area contributed by atoms with E-state index in [1.807, 2.05) is 0 Å². The van der Waals surface area contributed by atoms with E-state index in [4.69, 9.17) is 4.74 Å². The van der Waals surface area contributed by atoms with E-state index in [0.717, 1.165) is 0 Å². The van der Waals surface area contributed by atoms with Crippen molar-refractivity contribution in [2.75, 3.05) is 38.7 Å². The molecule has 0 aromatic heterocycles. The molecule has 1 aromatic rings. The summed E-state index contributed by atoms with van der Waals surface area (Å²) < 4.78 is 4.87. The second kappa shape index (κ2) is 9.36. The summed E-state index contributed by atoms with van der Waals surface area (Å²) in [6.07, 6.45) is 0. The van der Waals surface area contributed by atoms with E-state index in [-0.39, 0.29) is 23.7 Å². The highest BCUT2D eigenvalue weighted by Gasteiger charge is 2.17. The molecular weight excluding hydrogens is 304 g/mol. The molecule has 1 aromatic carbocycles. The Balaban J connectivity index is 2.80. The Morgan fingerprint density at radius 3 is 2.65 bits per heavy atom. The maximum atomic E-state index is 11.9. The zero-order valence-electron chi connectivity index (χ0n) is 13.0. The average molecular weight is 324 g/mol. The van der Waals surface area contributed by atoms with Crippen LogP contribution in [0.25, 0.3) is 0 Å². The van der Waals surface area contributed by atoms with Crippen LogP contribution in [0.4, 0.5) is 11.4 Å². The highest BCUT2D eigenvalue weighted by molar-refractivity contribution is 5.97. The molecule has 0 fully saturated rings. The number of carbonyl (C=O) groups is 2. The molecule has 1 rings (SSSR count). The van der Waals surface area contributed by atoms with E-state index < -0.39 is 10.8 Å². The Hall–Kier alpha value is -2.68. The van der Waals surface area contributed by atoms with E-state index in [2.05, 4.69) is 16.0 Å². The number of rotatable bonds is 9. The number of benzene rings is 1. The zero-order chi connectivity index (χ0) is 17.2. The third-order valence-electron chi connectivity index (χ3n) is 2.86. The van der Waals surface area contributed by atoms with Gasteiger partial charge in [0.25, 0.3) is 11.6 Å². The first-order chi connectivity index (χ1) is 11.0. The largest absolute Gasteiger partial charge is 0.383 e. The van der Waals surface area contributed by atoms with Crippen LogP contribution in [-0.4, -0.2) is 50.1 Å². The summed E-state index contributed by atoms with van der Waals surface area (Å²) >= 11 is 0. The van der Waals surface area contributed by atoms with Crippen LogP contribution in [0.1, 0.15) is 17.3 Å². The van der Waals surface area contributed by atoms with Crippen molar-refractivity contribution in [3.8, 4) is 0 Å². The van der Waals surface area contributed by atoms with Crippen molar-refractivity contribution in [3.63, 3.8) is 0 Å². The van der Waals surface area contributed by atoms with Crippen LogP contribution in [0, 0.1) is 10.1 Å². The van der Waals surface area contributed by atoms with Gasteiger partial charge in [0.1, 0.15) is 5.69 Å². The van der Waals surface area contributed by atoms with Crippen LogP contribution < -0.4 is 16.0 Å². The number of likely N-dealkylation sites (N-methyl/N-ethyl adjacent to an activating group) is 1. The summed E-state index contributed by atoms with van der Waals surface area (Å²) in [5.74, 6) is -0.879. The van der Waals surface area contributed by atoms with Gasteiger partial charge in [-0.3, -0.25) is 19.7 Å². The number of carbonyl (C=O) groups excluding carboxylic acids is 2. The fourth-order valence-corrected chi connectivity index (χ4v) is 1.78. The van der Waals surface area contributed by atoms with Crippen LogP contribution in [0.3, 0.4) is 0 Å². The van der Waals surface area contributed by atoms with E-state index in [9.17, 15) is 19.7 Å². The third kappa shape index (κ3) is 5.91. The molecule has 126 valence electrons. The second-order valence-electron chi connectivity index (χ2n) is 4.54. The maximum absolute atomic E-state index is 11.9. The maximum Gasteiger partial charge on any atom is 0.293 e. The third-order valence-corrected chi connectivity index (χ3v) is 2.86. The molecule has 3 N–H and O–H groups in total. The van der Waals surface area contributed by atoms with Crippen LogP contribution >= 0.6 is 0 Å². The van der Waals surface area contributed by atoms with Crippen molar-refractivity contribution in [2.24, 2.45) is 0 Å². The van der Waals surface area contributed by atoms with Crippen molar-refractivity contribution < 1.29 is 19.2 Å². The Bertz CT molecular complexity index is 576. The molecule has 0 aliphatic heterocycles. The average Bonchev–Trinajstić information content (AvgIpc) is 2.53. The van der Waals surface area contributed by atoms with Crippen molar-refractivity contribution in [3.05, 3.63) is 33.9 Å². The minimum absolute atomic E-state index is 0.110. The van der Waals surface area contributed by atoms with Crippen LogP contribution in [0.2, 0.25) is 0 Å². The normalized spacial score (nSPS) is 10.0. The number of amides is 2. The van der Waals surface area contributed by atoms with Crippen molar-refractivity contribution >= 4 is 23.2 Å². The number of nitro groups is 1. The predicted octanol–water partition coefficient (Wildman–Crippen LogP) is 0.519. The van der Waals surface area contributed by atoms with Crippen molar-refractivity contribution in [1.29, 1.82) is 0 Å². The van der Waals surface area contributed by atoms with Gasteiger partial charge in [-0.05, 0) is 19.1 Å². The molecule has 0 atom stereocenters. The number of hydrogen-bond donors (Lipinski definition) is 3. The number of anilines is 1. The van der Waals surface area contributed by atoms with Gasteiger partial charge < -0.3 is 20.7 Å². The Morgan fingerprint density at radius 1 is 1.30 bits per heavy atom. The molecule has 9 heteroatoms. The van der Waals surface area contributed by atoms with Crippen LogP contribution in [-0.2, 0) is 9.53 Å². The quantitative estimate of drug-likeness (QED) is 0.346. The van der Waals surface area contributed by atoms with E-state index in [1.54, 1.807) is 6.92 Å². The lowest BCUT2D eigenvalue weighted by Crippen LogP contribution is -2.36. The summed E-state index contributed by atoms with van der Waals surface area (Å²) in [6, 6.07) is 4.08. The molecule has 0 heterocycles. The number of nitrogens with one attached hydrogen (secondary N) is 3. The number of ether oxygens (including phenoxy) is 1. The fraction of sp³-hybridized carbons (Fsp3) is 0.429. The van der Waals surface area contributed by atoms with Gasteiger partial charge in [-0.1, -0.05) is 0 Å². The smallest absolute Gasteiger partial charge is 0.293 e. The first-order valence-electron chi connectivity index (χ1n) is 7.05. The molecule has 23 heavy (non-hydrogen) atoms. The second-order valence-corrected chi connectivity index (χ2v) is 4.54. The summed E-state index contributed by atoms with van der Waals surface area (Å²) in [6.45, 7) is 2.83. The first kappa shape index (κ1) is 18.4. The predicted molar refractivity (Wildman–Crippen MR) is 84.5 cm³/mol. The Morgan fingerprint density at radius 2 is 2.04 bits per heavy atom. The number of hydrogen-bond acceptors (Lipinski definition) is 6. The lowest BCUT2D eigenvalue weighted by molar-refractivity contribution is -0.384. The van der Waals surface area contributed by atoms with Gasteiger partial charge in [0, 0.05) is 31.8 Å². The summed E-state index contributed by atoms with van der Waals surface area (Å²) in [7, 11) is 1.53. The molecular formula is C14H20N4O5. The Kier molecular flexibility index (Phi) is 7.48. The van der Waals surface area contributed by atoms with Crippen LogP contribution in [0.15, 0.2) is 18.2 Å². The van der Waals surface area contributed by atoms with E-state index in [0.29, 0.717) is 25.4 Å². The minimum atomic E-state index is -0.574. The highest BCUT2D eigenvalue weighted by Crippen LogP contribution is 2.25. The Labute approximate surface area is 133 Å².